The van der Waals surface area contributed by atoms with Gasteiger partial charge >= 0.3 is 0 Å². The zero-order chi connectivity index (χ0) is 14.5. The van der Waals surface area contributed by atoms with E-state index in [0.29, 0.717) is 13.2 Å². The molecule has 1 aliphatic rings. The highest BCUT2D eigenvalue weighted by Gasteiger charge is 2.28. The predicted molar refractivity (Wildman–Crippen MR) is 77.1 cm³/mol. The first kappa shape index (κ1) is 15.3. The van der Waals surface area contributed by atoms with E-state index in [2.05, 4.69) is 0 Å². The lowest BCUT2D eigenvalue weighted by Crippen LogP contribution is -2.29. The van der Waals surface area contributed by atoms with Crippen molar-refractivity contribution in [2.75, 3.05) is 20.3 Å². The maximum Gasteiger partial charge on any atom is 0.119 e. The average molecular weight is 280 g/mol. The van der Waals surface area contributed by atoms with Crippen molar-refractivity contribution in [3.8, 4) is 5.75 Å². The Hall–Kier alpha value is -1.10. The first-order valence-electron chi connectivity index (χ1n) is 7.20. The van der Waals surface area contributed by atoms with E-state index in [4.69, 9.17) is 14.2 Å². The number of aliphatic hydroxyl groups excluding tert-OH is 1. The van der Waals surface area contributed by atoms with Crippen molar-refractivity contribution in [3.05, 3.63) is 29.3 Å². The van der Waals surface area contributed by atoms with Crippen LogP contribution >= 0.6 is 0 Å². The minimum atomic E-state index is -0.590. The molecular weight excluding hydrogens is 256 g/mol. The summed E-state index contributed by atoms with van der Waals surface area (Å²) in [5.74, 6) is 0.770. The van der Waals surface area contributed by atoms with Crippen molar-refractivity contribution in [2.24, 2.45) is 0 Å². The van der Waals surface area contributed by atoms with Gasteiger partial charge in [0.25, 0.3) is 0 Å². The van der Waals surface area contributed by atoms with Gasteiger partial charge in [0, 0.05) is 0 Å². The molecule has 0 amide bonds. The Morgan fingerprint density at radius 3 is 2.80 bits per heavy atom. The summed E-state index contributed by atoms with van der Waals surface area (Å²) in [6, 6.07) is 5.86. The zero-order valence-electron chi connectivity index (χ0n) is 12.5. The van der Waals surface area contributed by atoms with Gasteiger partial charge in [-0.15, -0.1) is 0 Å². The van der Waals surface area contributed by atoms with Gasteiger partial charge in [-0.2, -0.15) is 0 Å². The minimum Gasteiger partial charge on any atom is -0.497 e. The molecule has 0 fully saturated rings. The number of hydrogen-bond acceptors (Lipinski definition) is 4. The van der Waals surface area contributed by atoms with Crippen molar-refractivity contribution in [2.45, 2.75) is 45.0 Å². The molecule has 1 aromatic rings. The van der Waals surface area contributed by atoms with Gasteiger partial charge in [0.05, 0.1) is 32.5 Å². The van der Waals surface area contributed by atoms with Crippen molar-refractivity contribution in [3.63, 3.8) is 0 Å². The van der Waals surface area contributed by atoms with E-state index in [0.717, 1.165) is 24.2 Å². The van der Waals surface area contributed by atoms with Crippen LogP contribution in [0.2, 0.25) is 0 Å². The summed E-state index contributed by atoms with van der Waals surface area (Å²) in [5, 5.41) is 10.4. The summed E-state index contributed by atoms with van der Waals surface area (Å²) < 4.78 is 16.4. The molecule has 2 rings (SSSR count). The molecule has 0 aliphatic heterocycles. The second-order valence-corrected chi connectivity index (χ2v) is 5.38. The van der Waals surface area contributed by atoms with E-state index in [1.807, 2.05) is 32.0 Å². The van der Waals surface area contributed by atoms with E-state index in [-0.39, 0.29) is 12.2 Å². The molecule has 1 N–H and O–H groups in total. The Kier molecular flexibility index (Phi) is 5.40. The maximum absolute atomic E-state index is 10.4. The molecule has 4 heteroatoms. The molecule has 20 heavy (non-hydrogen) atoms. The molecule has 1 aromatic carbocycles. The van der Waals surface area contributed by atoms with E-state index >= 15 is 0 Å². The van der Waals surface area contributed by atoms with E-state index in [9.17, 15) is 5.11 Å². The normalized spacial score (nSPS) is 21.9. The summed E-state index contributed by atoms with van der Waals surface area (Å²) >= 11 is 0. The van der Waals surface area contributed by atoms with Crippen LogP contribution < -0.4 is 4.74 Å². The zero-order valence-corrected chi connectivity index (χ0v) is 12.5. The van der Waals surface area contributed by atoms with Crippen molar-refractivity contribution < 1.29 is 19.3 Å². The second kappa shape index (κ2) is 7.07. The Morgan fingerprint density at radius 2 is 2.10 bits per heavy atom. The number of aliphatic hydroxyl groups is 1. The van der Waals surface area contributed by atoms with Crippen molar-refractivity contribution in [1.82, 2.24) is 0 Å². The lowest BCUT2D eigenvalue weighted by atomic mass is 9.87. The lowest BCUT2D eigenvalue weighted by Gasteiger charge is -2.30. The van der Waals surface area contributed by atoms with Crippen LogP contribution in [-0.2, 0) is 15.9 Å². The van der Waals surface area contributed by atoms with Crippen molar-refractivity contribution >= 4 is 0 Å². The topological polar surface area (TPSA) is 47.9 Å². The molecule has 0 spiro atoms. The first-order valence-corrected chi connectivity index (χ1v) is 7.20. The minimum absolute atomic E-state index is 0.162. The summed E-state index contributed by atoms with van der Waals surface area (Å²) in [6.07, 6.45) is 1.21. The highest BCUT2D eigenvalue weighted by Crippen LogP contribution is 2.34. The van der Waals surface area contributed by atoms with Gasteiger partial charge in [0.2, 0.25) is 0 Å². The fraction of sp³-hybridized carbons (Fsp3) is 0.625. The average Bonchev–Trinajstić information content (AvgIpc) is 2.45. The lowest BCUT2D eigenvalue weighted by molar-refractivity contribution is -0.0710. The third-order valence-corrected chi connectivity index (χ3v) is 3.59. The molecule has 0 aromatic heterocycles. The van der Waals surface area contributed by atoms with Crippen LogP contribution in [0.4, 0.5) is 0 Å². The van der Waals surface area contributed by atoms with Gasteiger partial charge in [-0.25, -0.2) is 0 Å². The number of benzene rings is 1. The molecule has 0 saturated carbocycles. The molecule has 112 valence electrons. The quantitative estimate of drug-likeness (QED) is 0.813. The fourth-order valence-electron chi connectivity index (χ4n) is 2.52. The Bertz CT molecular complexity index is 430. The Labute approximate surface area is 120 Å². The summed E-state index contributed by atoms with van der Waals surface area (Å²) in [6.45, 7) is 5.07. The fourth-order valence-corrected chi connectivity index (χ4v) is 2.52. The summed E-state index contributed by atoms with van der Waals surface area (Å²) in [4.78, 5) is 0. The molecule has 0 saturated heterocycles. The van der Waals surface area contributed by atoms with Gasteiger partial charge < -0.3 is 19.3 Å². The van der Waals surface area contributed by atoms with Gasteiger partial charge in [0.1, 0.15) is 11.9 Å². The third kappa shape index (κ3) is 3.72. The Balaban J connectivity index is 1.94. The monoisotopic (exact) mass is 280 g/mol. The third-order valence-electron chi connectivity index (χ3n) is 3.59. The van der Waals surface area contributed by atoms with Crippen LogP contribution in [0.25, 0.3) is 0 Å². The Morgan fingerprint density at radius 1 is 1.30 bits per heavy atom. The second-order valence-electron chi connectivity index (χ2n) is 5.38. The van der Waals surface area contributed by atoms with Crippen LogP contribution in [0, 0.1) is 0 Å². The molecule has 0 radical (unpaired) electrons. The molecule has 0 bridgehead atoms. The molecule has 4 nitrogen and oxygen atoms in total. The molecule has 1 aliphatic carbocycles. The van der Waals surface area contributed by atoms with Gasteiger partial charge in [-0.1, -0.05) is 6.07 Å². The smallest absolute Gasteiger partial charge is 0.119 e. The number of hydrogen-bond donors (Lipinski definition) is 1. The van der Waals surface area contributed by atoms with Gasteiger partial charge in [-0.3, -0.25) is 0 Å². The van der Waals surface area contributed by atoms with E-state index < -0.39 is 6.10 Å². The van der Waals surface area contributed by atoms with Crippen LogP contribution in [0.5, 0.6) is 5.75 Å². The molecular formula is C16H24O4. The molecule has 2 unspecified atom stereocenters. The standard InChI is InChI=1S/C16H24O4/c1-11(2)19-8-9-20-15-7-5-12-4-6-13(18-3)10-14(12)16(15)17/h4,6,10-11,15-17H,5,7-9H2,1-3H3. The highest BCUT2D eigenvalue weighted by molar-refractivity contribution is 5.39. The summed E-state index contributed by atoms with van der Waals surface area (Å²) in [7, 11) is 1.63. The van der Waals surface area contributed by atoms with Crippen LogP contribution in [0.15, 0.2) is 18.2 Å². The van der Waals surface area contributed by atoms with Crippen LogP contribution in [-0.4, -0.2) is 37.6 Å². The predicted octanol–water partition coefficient (Wildman–Crippen LogP) is 2.49. The maximum atomic E-state index is 10.4. The van der Waals surface area contributed by atoms with Crippen molar-refractivity contribution in [1.29, 1.82) is 0 Å². The number of fused-ring (bicyclic) bond motifs is 1. The number of methoxy groups -OCH3 is 1. The first-order chi connectivity index (χ1) is 9.61. The summed E-state index contributed by atoms with van der Waals surface area (Å²) in [5.41, 5.74) is 2.10. The number of aryl methyl sites for hydroxylation is 1. The van der Waals surface area contributed by atoms with Gasteiger partial charge in [-0.05, 0) is 49.9 Å². The molecule has 2 atom stereocenters. The largest absolute Gasteiger partial charge is 0.497 e. The SMILES string of the molecule is COc1ccc2c(c1)C(O)C(OCCOC(C)C)CC2. The number of ether oxygens (including phenoxy) is 3. The van der Waals surface area contributed by atoms with Gasteiger partial charge in [0.15, 0.2) is 0 Å². The molecule has 0 heterocycles. The number of rotatable bonds is 6. The van der Waals surface area contributed by atoms with E-state index in [1.54, 1.807) is 7.11 Å². The highest BCUT2D eigenvalue weighted by atomic mass is 16.5. The van der Waals surface area contributed by atoms with E-state index in [1.165, 1.54) is 5.56 Å². The van der Waals surface area contributed by atoms with Crippen LogP contribution in [0.3, 0.4) is 0 Å². The van der Waals surface area contributed by atoms with Crippen LogP contribution in [0.1, 0.15) is 37.5 Å².